The number of methoxy groups -OCH3 is 3. The van der Waals surface area contributed by atoms with E-state index in [1.54, 1.807) is 51.3 Å². The summed E-state index contributed by atoms with van der Waals surface area (Å²) in [6, 6.07) is 10.7. The normalized spacial score (nSPS) is 19.0. The number of amides is 1. The van der Waals surface area contributed by atoms with E-state index < -0.39 is 0 Å². The predicted octanol–water partition coefficient (Wildman–Crippen LogP) is 3.75. The number of hydrogen-bond donors (Lipinski definition) is 2. The lowest BCUT2D eigenvalue weighted by Gasteiger charge is -2.30. The van der Waals surface area contributed by atoms with Crippen LogP contribution in [0.25, 0.3) is 0 Å². The van der Waals surface area contributed by atoms with Crippen molar-refractivity contribution in [3.05, 3.63) is 47.0 Å². The number of nitrogens with one attached hydrogen (secondary N) is 2. The quantitative estimate of drug-likeness (QED) is 0.738. The van der Waals surface area contributed by atoms with Gasteiger partial charge in [0, 0.05) is 29.3 Å². The second-order valence-electron chi connectivity index (χ2n) is 6.26. The molecule has 150 valence electrons. The molecule has 2 unspecified atom stereocenters. The molecular formula is C20H23ClN2O4S. The van der Waals surface area contributed by atoms with Crippen LogP contribution in [0, 0.1) is 0 Å². The number of anilines is 1. The smallest absolute Gasteiger partial charge is 0.242 e. The maximum absolute atomic E-state index is 12.7. The number of carbonyl (C=O) groups is 1. The Labute approximate surface area is 173 Å². The Morgan fingerprint density at radius 3 is 2.50 bits per heavy atom. The minimum Gasteiger partial charge on any atom is -0.495 e. The average Bonchev–Trinajstić information content (AvgIpc) is 2.74. The second kappa shape index (κ2) is 9.41. The summed E-state index contributed by atoms with van der Waals surface area (Å²) in [6.07, 6.45) is 0. The lowest BCUT2D eigenvalue weighted by Crippen LogP contribution is -2.47. The summed E-state index contributed by atoms with van der Waals surface area (Å²) in [6.45, 7) is 0. The van der Waals surface area contributed by atoms with Crippen molar-refractivity contribution in [2.75, 3.05) is 38.2 Å². The first-order valence-electron chi connectivity index (χ1n) is 8.75. The lowest BCUT2D eigenvalue weighted by atomic mass is 10.1. The zero-order valence-electron chi connectivity index (χ0n) is 16.0. The minimum atomic E-state index is -0.321. The van der Waals surface area contributed by atoms with Gasteiger partial charge in [0.25, 0.3) is 0 Å². The van der Waals surface area contributed by atoms with Crippen molar-refractivity contribution < 1.29 is 19.0 Å². The van der Waals surface area contributed by atoms with Gasteiger partial charge in [0.15, 0.2) is 11.5 Å². The number of hydrogen-bond acceptors (Lipinski definition) is 6. The van der Waals surface area contributed by atoms with Crippen molar-refractivity contribution in [1.82, 2.24) is 5.32 Å². The van der Waals surface area contributed by atoms with Crippen LogP contribution in [-0.2, 0) is 4.79 Å². The third-order valence-corrected chi connectivity index (χ3v) is 5.97. The van der Waals surface area contributed by atoms with Gasteiger partial charge in [-0.1, -0.05) is 17.7 Å². The van der Waals surface area contributed by atoms with E-state index in [1.807, 2.05) is 18.2 Å². The van der Waals surface area contributed by atoms with Crippen molar-refractivity contribution in [3.63, 3.8) is 0 Å². The fourth-order valence-electron chi connectivity index (χ4n) is 3.02. The van der Waals surface area contributed by atoms with Gasteiger partial charge in [0.1, 0.15) is 5.75 Å². The van der Waals surface area contributed by atoms with E-state index in [0.717, 1.165) is 11.3 Å². The van der Waals surface area contributed by atoms with Crippen molar-refractivity contribution in [3.8, 4) is 17.2 Å². The molecule has 1 saturated heterocycles. The van der Waals surface area contributed by atoms with Crippen LogP contribution in [0.2, 0.25) is 5.02 Å². The summed E-state index contributed by atoms with van der Waals surface area (Å²) < 4.78 is 15.9. The highest BCUT2D eigenvalue weighted by atomic mass is 35.5. The lowest BCUT2D eigenvalue weighted by molar-refractivity contribution is -0.117. The maximum Gasteiger partial charge on any atom is 0.242 e. The topological polar surface area (TPSA) is 68.8 Å². The van der Waals surface area contributed by atoms with Gasteiger partial charge in [-0.2, -0.15) is 11.8 Å². The molecule has 1 amide bonds. The number of ether oxygens (including phenoxy) is 3. The van der Waals surface area contributed by atoms with Gasteiger partial charge >= 0.3 is 0 Å². The van der Waals surface area contributed by atoms with Gasteiger partial charge in [0.2, 0.25) is 5.91 Å². The highest BCUT2D eigenvalue weighted by molar-refractivity contribution is 7.99. The fraction of sp³-hybridized carbons (Fsp3) is 0.350. The van der Waals surface area contributed by atoms with Crippen LogP contribution >= 0.6 is 23.4 Å². The van der Waals surface area contributed by atoms with Crippen LogP contribution in [0.5, 0.6) is 17.2 Å². The molecular weight excluding hydrogens is 400 g/mol. The molecule has 2 atom stereocenters. The molecule has 6 nitrogen and oxygen atoms in total. The molecule has 2 aromatic carbocycles. The van der Waals surface area contributed by atoms with Gasteiger partial charge in [-0.05, 0) is 29.8 Å². The first-order valence-corrected chi connectivity index (χ1v) is 10.3. The Morgan fingerprint density at radius 1 is 1.04 bits per heavy atom. The molecule has 1 heterocycles. The van der Waals surface area contributed by atoms with Crippen molar-refractivity contribution in [2.45, 2.75) is 12.1 Å². The van der Waals surface area contributed by atoms with Gasteiger partial charge in [-0.3, -0.25) is 10.1 Å². The molecule has 0 aliphatic carbocycles. The number of rotatable bonds is 6. The summed E-state index contributed by atoms with van der Waals surface area (Å²) in [4.78, 5) is 12.7. The summed E-state index contributed by atoms with van der Waals surface area (Å²) in [5, 5.41) is 6.86. The summed E-state index contributed by atoms with van der Waals surface area (Å²) in [5.74, 6) is 3.34. The Hall–Kier alpha value is -2.09. The van der Waals surface area contributed by atoms with Gasteiger partial charge in [-0.15, -0.1) is 0 Å². The van der Waals surface area contributed by atoms with E-state index in [1.165, 1.54) is 0 Å². The molecule has 0 radical (unpaired) electrons. The largest absolute Gasteiger partial charge is 0.495 e. The SMILES string of the molecule is COc1cc(NC(=O)C2CSCC(c3ccc(OC)c(OC)c3)N2)ccc1Cl. The molecule has 3 rings (SSSR count). The van der Waals surface area contributed by atoms with Crippen LogP contribution in [0.3, 0.4) is 0 Å². The second-order valence-corrected chi connectivity index (χ2v) is 7.74. The number of halogens is 1. The molecule has 0 aromatic heterocycles. The molecule has 28 heavy (non-hydrogen) atoms. The monoisotopic (exact) mass is 422 g/mol. The average molecular weight is 423 g/mol. The van der Waals surface area contributed by atoms with Crippen LogP contribution < -0.4 is 24.8 Å². The van der Waals surface area contributed by atoms with Crippen LogP contribution in [0.4, 0.5) is 5.69 Å². The van der Waals surface area contributed by atoms with E-state index in [9.17, 15) is 4.79 Å². The van der Waals surface area contributed by atoms with E-state index in [0.29, 0.717) is 33.7 Å². The summed E-state index contributed by atoms with van der Waals surface area (Å²) in [5.41, 5.74) is 1.70. The van der Waals surface area contributed by atoms with Crippen LogP contribution in [0.15, 0.2) is 36.4 Å². The van der Waals surface area contributed by atoms with Gasteiger partial charge < -0.3 is 19.5 Å². The van der Waals surface area contributed by atoms with Crippen molar-refractivity contribution in [1.29, 1.82) is 0 Å². The zero-order valence-corrected chi connectivity index (χ0v) is 17.5. The standard InChI is InChI=1S/C20H23ClN2O4S/c1-25-17-7-4-12(8-19(17)27-3)15-10-28-11-16(23-15)20(24)22-13-5-6-14(21)18(9-13)26-2/h4-9,15-16,23H,10-11H2,1-3H3,(H,22,24). The maximum atomic E-state index is 12.7. The molecule has 2 aromatic rings. The first-order chi connectivity index (χ1) is 13.5. The van der Waals surface area contributed by atoms with E-state index in [4.69, 9.17) is 25.8 Å². The number of carbonyl (C=O) groups excluding carboxylic acids is 1. The molecule has 2 N–H and O–H groups in total. The van der Waals surface area contributed by atoms with Crippen LogP contribution in [-0.4, -0.2) is 44.8 Å². The molecule has 1 aliphatic heterocycles. The highest BCUT2D eigenvalue weighted by Gasteiger charge is 2.28. The molecule has 8 heteroatoms. The van der Waals surface area contributed by atoms with Gasteiger partial charge in [0.05, 0.1) is 32.4 Å². The number of benzene rings is 2. The minimum absolute atomic E-state index is 0.0362. The van der Waals surface area contributed by atoms with E-state index >= 15 is 0 Å². The molecule has 0 bridgehead atoms. The zero-order chi connectivity index (χ0) is 20.1. The third kappa shape index (κ3) is 4.66. The van der Waals surface area contributed by atoms with E-state index in [2.05, 4.69) is 10.6 Å². The van der Waals surface area contributed by atoms with Gasteiger partial charge in [-0.25, -0.2) is 0 Å². The van der Waals surface area contributed by atoms with Crippen molar-refractivity contribution >= 4 is 35.0 Å². The predicted molar refractivity (Wildman–Crippen MR) is 113 cm³/mol. The van der Waals surface area contributed by atoms with Crippen molar-refractivity contribution in [2.24, 2.45) is 0 Å². The van der Waals surface area contributed by atoms with Crippen LogP contribution in [0.1, 0.15) is 11.6 Å². The molecule has 1 aliphatic rings. The molecule has 1 fully saturated rings. The Kier molecular flexibility index (Phi) is 6.93. The Balaban J connectivity index is 1.70. The molecule has 0 saturated carbocycles. The summed E-state index contributed by atoms with van der Waals surface area (Å²) in [7, 11) is 4.76. The number of thioether (sulfide) groups is 1. The molecule has 0 spiro atoms. The Bertz CT molecular complexity index is 849. The third-order valence-electron chi connectivity index (χ3n) is 4.52. The summed E-state index contributed by atoms with van der Waals surface area (Å²) >= 11 is 7.78. The fourth-order valence-corrected chi connectivity index (χ4v) is 4.36. The highest BCUT2D eigenvalue weighted by Crippen LogP contribution is 2.33. The van der Waals surface area contributed by atoms with E-state index in [-0.39, 0.29) is 18.0 Å². The Morgan fingerprint density at radius 2 is 1.79 bits per heavy atom. The first kappa shape index (κ1) is 20.6.